The largest absolute Gasteiger partial charge is 0.384 e. The van der Waals surface area contributed by atoms with Gasteiger partial charge in [-0.15, -0.1) is 11.8 Å². The third-order valence-electron chi connectivity index (χ3n) is 4.85. The van der Waals surface area contributed by atoms with Crippen molar-refractivity contribution in [1.82, 2.24) is 4.72 Å². The molecule has 32 heavy (non-hydrogen) atoms. The fraction of sp³-hybridized carbons (Fsp3) is 0.238. The van der Waals surface area contributed by atoms with Crippen LogP contribution in [0.2, 0.25) is 0 Å². The standard InChI is InChI=1S/C21H23F3N4O2S2/c1-3-31-12-20(25)27-32(29,30)15-9-16(23)21(17(24)10-15)26-18-5-4-14(22)8-19(18)28-7-6-13(2)11-28/h3-5,8-10,12-13,26-27H,1,6-7,11,25H2,2H3/b20-12+/t13-/m1/s1. The van der Waals surface area contributed by atoms with Crippen LogP contribution in [0.3, 0.4) is 0 Å². The van der Waals surface area contributed by atoms with Crippen LogP contribution < -0.4 is 20.7 Å². The van der Waals surface area contributed by atoms with Gasteiger partial charge in [0, 0.05) is 18.5 Å². The molecule has 0 aliphatic carbocycles. The number of anilines is 3. The van der Waals surface area contributed by atoms with E-state index in [2.05, 4.69) is 18.8 Å². The zero-order valence-electron chi connectivity index (χ0n) is 17.2. The van der Waals surface area contributed by atoms with Gasteiger partial charge in [-0.1, -0.05) is 13.5 Å². The second-order valence-electron chi connectivity index (χ2n) is 7.37. The number of halogens is 3. The van der Waals surface area contributed by atoms with Crippen molar-refractivity contribution in [3.05, 3.63) is 71.0 Å². The fourth-order valence-electron chi connectivity index (χ4n) is 3.34. The van der Waals surface area contributed by atoms with Gasteiger partial charge in [0.15, 0.2) is 11.6 Å². The third kappa shape index (κ3) is 5.52. The number of sulfonamides is 1. The smallest absolute Gasteiger partial charge is 0.263 e. The van der Waals surface area contributed by atoms with Crippen molar-refractivity contribution in [3.63, 3.8) is 0 Å². The molecule has 0 spiro atoms. The molecule has 1 aliphatic rings. The lowest BCUT2D eigenvalue weighted by atomic mass is 10.2. The summed E-state index contributed by atoms with van der Waals surface area (Å²) < 4.78 is 70.2. The maximum atomic E-state index is 14.8. The molecule has 0 bridgehead atoms. The second kappa shape index (κ2) is 9.78. The Balaban J connectivity index is 1.91. The van der Waals surface area contributed by atoms with Gasteiger partial charge in [0.05, 0.1) is 16.3 Å². The maximum absolute atomic E-state index is 14.8. The summed E-state index contributed by atoms with van der Waals surface area (Å²) in [6.07, 6.45) is 0.918. The van der Waals surface area contributed by atoms with E-state index in [1.54, 1.807) is 0 Å². The van der Waals surface area contributed by atoms with Crippen LogP contribution in [0.1, 0.15) is 13.3 Å². The number of rotatable bonds is 8. The van der Waals surface area contributed by atoms with E-state index in [1.165, 1.54) is 29.0 Å². The lowest BCUT2D eigenvalue weighted by Gasteiger charge is -2.23. The molecule has 0 aromatic heterocycles. The topological polar surface area (TPSA) is 87.5 Å². The van der Waals surface area contributed by atoms with Crippen LogP contribution in [0.15, 0.2) is 58.4 Å². The van der Waals surface area contributed by atoms with Crippen molar-refractivity contribution in [2.24, 2.45) is 11.7 Å². The normalized spacial score (nSPS) is 16.8. The molecule has 3 rings (SSSR count). The Morgan fingerprint density at radius 1 is 1.25 bits per heavy atom. The van der Waals surface area contributed by atoms with Gasteiger partial charge >= 0.3 is 0 Å². The van der Waals surface area contributed by atoms with Crippen molar-refractivity contribution >= 4 is 38.8 Å². The van der Waals surface area contributed by atoms with E-state index in [9.17, 15) is 21.6 Å². The summed E-state index contributed by atoms with van der Waals surface area (Å²) in [4.78, 5) is 1.30. The molecule has 6 nitrogen and oxygen atoms in total. The average molecular weight is 485 g/mol. The van der Waals surface area contributed by atoms with Gasteiger partial charge in [0.2, 0.25) is 0 Å². The molecule has 11 heteroatoms. The molecule has 0 saturated carbocycles. The van der Waals surface area contributed by atoms with E-state index >= 15 is 0 Å². The minimum Gasteiger partial charge on any atom is -0.384 e. The first-order valence-electron chi connectivity index (χ1n) is 9.66. The van der Waals surface area contributed by atoms with Crippen LogP contribution in [-0.4, -0.2) is 21.5 Å². The molecule has 1 atom stereocenters. The highest BCUT2D eigenvalue weighted by Crippen LogP contribution is 2.35. The highest BCUT2D eigenvalue weighted by atomic mass is 32.2. The molecule has 1 aliphatic heterocycles. The molecule has 0 unspecified atom stereocenters. The third-order valence-corrected chi connectivity index (χ3v) is 6.80. The Morgan fingerprint density at radius 2 is 1.94 bits per heavy atom. The molecule has 4 N–H and O–H groups in total. The predicted octanol–water partition coefficient (Wildman–Crippen LogP) is 4.61. The highest BCUT2D eigenvalue weighted by molar-refractivity contribution is 8.04. The van der Waals surface area contributed by atoms with Gasteiger partial charge in [0.25, 0.3) is 10.0 Å². The molecule has 1 heterocycles. The van der Waals surface area contributed by atoms with E-state index in [1.807, 2.05) is 9.62 Å². The number of benzene rings is 2. The summed E-state index contributed by atoms with van der Waals surface area (Å²) in [6, 6.07) is 5.24. The number of nitrogens with one attached hydrogen (secondary N) is 2. The van der Waals surface area contributed by atoms with Gasteiger partial charge in [-0.3, -0.25) is 4.72 Å². The van der Waals surface area contributed by atoms with Crippen LogP contribution >= 0.6 is 11.8 Å². The molecule has 2 aromatic carbocycles. The predicted molar refractivity (Wildman–Crippen MR) is 122 cm³/mol. The van der Waals surface area contributed by atoms with E-state index < -0.39 is 38.1 Å². The number of nitrogens with zero attached hydrogens (tertiary/aromatic N) is 1. The summed E-state index contributed by atoms with van der Waals surface area (Å²) >= 11 is 1.04. The van der Waals surface area contributed by atoms with E-state index in [0.29, 0.717) is 42.5 Å². The van der Waals surface area contributed by atoms with Crippen molar-refractivity contribution in [2.45, 2.75) is 18.2 Å². The Kier molecular flexibility index (Phi) is 7.29. The van der Waals surface area contributed by atoms with Crippen molar-refractivity contribution < 1.29 is 21.6 Å². The molecule has 0 amide bonds. The minimum atomic E-state index is -4.31. The first-order valence-corrected chi connectivity index (χ1v) is 12.1. The zero-order chi connectivity index (χ0) is 23.5. The summed E-state index contributed by atoms with van der Waals surface area (Å²) in [5, 5.41) is 5.36. The van der Waals surface area contributed by atoms with E-state index in [0.717, 1.165) is 18.2 Å². The Morgan fingerprint density at radius 3 is 2.53 bits per heavy atom. The Bertz CT molecular complexity index is 1130. The van der Waals surface area contributed by atoms with Crippen LogP contribution in [0.25, 0.3) is 0 Å². The molecule has 1 saturated heterocycles. The molecule has 172 valence electrons. The molecular weight excluding hydrogens is 461 g/mol. The monoisotopic (exact) mass is 484 g/mol. The van der Waals surface area contributed by atoms with Gasteiger partial charge in [-0.05, 0) is 48.1 Å². The molecule has 2 aromatic rings. The van der Waals surface area contributed by atoms with Crippen molar-refractivity contribution in [3.8, 4) is 0 Å². The summed E-state index contributed by atoms with van der Waals surface area (Å²) in [6.45, 7) is 6.89. The number of thioether (sulfide) groups is 1. The van der Waals surface area contributed by atoms with Gasteiger partial charge in [-0.25, -0.2) is 21.6 Å². The first-order chi connectivity index (χ1) is 15.1. The second-order valence-corrected chi connectivity index (χ2v) is 9.89. The summed E-state index contributed by atoms with van der Waals surface area (Å²) in [5.74, 6) is -2.55. The van der Waals surface area contributed by atoms with E-state index in [-0.39, 0.29) is 5.82 Å². The van der Waals surface area contributed by atoms with Gasteiger partial charge in [-0.2, -0.15) is 0 Å². The highest BCUT2D eigenvalue weighted by Gasteiger charge is 2.24. The SMILES string of the molecule is C=CS/C=C(\N)NS(=O)(=O)c1cc(F)c(Nc2ccc(F)cc2N2CC[C@@H](C)C2)c(F)c1. The van der Waals surface area contributed by atoms with Crippen molar-refractivity contribution in [2.75, 3.05) is 23.3 Å². The molecular formula is C21H23F3N4O2S2. The number of hydrogen-bond acceptors (Lipinski definition) is 6. The number of nitrogens with two attached hydrogens (primary N) is 1. The summed E-state index contributed by atoms with van der Waals surface area (Å²) in [5.41, 5.74) is 5.79. The van der Waals surface area contributed by atoms with Crippen LogP contribution in [0, 0.1) is 23.4 Å². The van der Waals surface area contributed by atoms with Crippen LogP contribution in [-0.2, 0) is 10.0 Å². The first kappa shape index (κ1) is 23.9. The Hall–Kier alpha value is -2.79. The fourth-order valence-corrected chi connectivity index (χ4v) is 4.73. The Labute approximate surface area is 189 Å². The van der Waals surface area contributed by atoms with Gasteiger partial charge in [0.1, 0.15) is 17.3 Å². The maximum Gasteiger partial charge on any atom is 0.263 e. The van der Waals surface area contributed by atoms with E-state index in [4.69, 9.17) is 5.73 Å². The zero-order valence-corrected chi connectivity index (χ0v) is 18.9. The number of hydrogen-bond donors (Lipinski definition) is 3. The average Bonchev–Trinajstić information content (AvgIpc) is 3.15. The van der Waals surface area contributed by atoms with Crippen LogP contribution in [0.4, 0.5) is 30.2 Å². The lowest BCUT2D eigenvalue weighted by Crippen LogP contribution is -2.27. The lowest BCUT2D eigenvalue weighted by molar-refractivity contribution is 0.569. The quantitative estimate of drug-likeness (QED) is 0.507. The molecule has 1 fully saturated rings. The summed E-state index contributed by atoms with van der Waals surface area (Å²) in [7, 11) is -4.31. The van der Waals surface area contributed by atoms with Crippen LogP contribution in [0.5, 0.6) is 0 Å². The van der Waals surface area contributed by atoms with Gasteiger partial charge < -0.3 is 16.0 Å². The van der Waals surface area contributed by atoms with Crippen molar-refractivity contribution in [1.29, 1.82) is 0 Å². The molecule has 0 radical (unpaired) electrons. The minimum absolute atomic E-state index is 0.228.